The molecule has 3 aromatic carbocycles. The molecule has 0 saturated heterocycles. The number of aromatic nitrogens is 6. The first-order valence-corrected chi connectivity index (χ1v) is 11.4. The van der Waals surface area contributed by atoms with Crippen LogP contribution in [0.15, 0.2) is 76.7 Å². The topological polar surface area (TPSA) is 87.7 Å². The Morgan fingerprint density at radius 1 is 1.03 bits per heavy atom. The van der Waals surface area contributed by atoms with Crippen molar-refractivity contribution in [2.45, 2.75) is 11.0 Å². The van der Waals surface area contributed by atoms with Crippen LogP contribution in [0.2, 0.25) is 5.02 Å². The van der Waals surface area contributed by atoms with Crippen LogP contribution in [-0.4, -0.2) is 36.9 Å². The highest BCUT2D eigenvalue weighted by Gasteiger charge is 2.18. The normalized spacial score (nSPS) is 11.1. The van der Waals surface area contributed by atoms with Gasteiger partial charge in [-0.1, -0.05) is 40.7 Å². The van der Waals surface area contributed by atoms with Crippen LogP contribution in [0.1, 0.15) is 0 Å². The molecule has 8 nitrogen and oxygen atoms in total. The smallest absolute Gasteiger partial charge is 0.278 e. The number of benzene rings is 3. The maximum absolute atomic E-state index is 13.8. The Morgan fingerprint density at radius 3 is 2.59 bits per heavy atom. The molecule has 0 N–H and O–H groups in total. The molecule has 0 fully saturated rings. The van der Waals surface area contributed by atoms with Gasteiger partial charge in [0.25, 0.3) is 5.56 Å². The van der Waals surface area contributed by atoms with Gasteiger partial charge in [0.15, 0.2) is 11.0 Å². The molecule has 0 amide bonds. The Morgan fingerprint density at radius 2 is 1.82 bits per heavy atom. The molecule has 2 heterocycles. The quantitative estimate of drug-likeness (QED) is 0.319. The summed E-state index contributed by atoms with van der Waals surface area (Å²) in [7, 11) is 1.59. The Labute approximate surface area is 202 Å². The highest BCUT2D eigenvalue weighted by molar-refractivity contribution is 7.98. The summed E-state index contributed by atoms with van der Waals surface area (Å²) >= 11 is 7.29. The summed E-state index contributed by atoms with van der Waals surface area (Å²) in [5.74, 6) is 0.830. The molecule has 0 aliphatic rings. The Hall–Kier alpha value is -3.76. The van der Waals surface area contributed by atoms with Gasteiger partial charge in [0, 0.05) is 5.56 Å². The molecule has 0 radical (unpaired) electrons. The maximum atomic E-state index is 13.8. The van der Waals surface area contributed by atoms with Crippen LogP contribution in [-0.2, 0) is 5.88 Å². The average Bonchev–Trinajstić information content (AvgIpc) is 3.29. The van der Waals surface area contributed by atoms with Gasteiger partial charge in [0.05, 0.1) is 29.1 Å². The lowest BCUT2D eigenvalue weighted by molar-refractivity contribution is 0.415. The fourth-order valence-corrected chi connectivity index (χ4v) is 4.38. The van der Waals surface area contributed by atoms with E-state index in [4.69, 9.17) is 16.3 Å². The molecule has 5 aromatic rings. The van der Waals surface area contributed by atoms with E-state index >= 15 is 0 Å². The monoisotopic (exact) mass is 494 g/mol. The molecule has 0 atom stereocenters. The van der Waals surface area contributed by atoms with Crippen LogP contribution in [0.3, 0.4) is 0 Å². The van der Waals surface area contributed by atoms with Gasteiger partial charge < -0.3 is 4.74 Å². The number of hydrogen-bond acceptors (Lipinski definition) is 7. The zero-order valence-electron chi connectivity index (χ0n) is 17.7. The number of ether oxygens (including phenoxy) is 1. The van der Waals surface area contributed by atoms with E-state index in [0.29, 0.717) is 33.3 Å². The van der Waals surface area contributed by atoms with Crippen molar-refractivity contribution in [1.29, 1.82) is 0 Å². The minimum Gasteiger partial charge on any atom is -0.497 e. The van der Waals surface area contributed by atoms with Crippen LogP contribution in [0.4, 0.5) is 4.39 Å². The molecule has 0 bridgehead atoms. The number of nitrogens with zero attached hydrogens (tertiary/aromatic N) is 6. The van der Waals surface area contributed by atoms with Gasteiger partial charge in [-0.2, -0.15) is 4.68 Å². The third kappa shape index (κ3) is 4.13. The van der Waals surface area contributed by atoms with Gasteiger partial charge in [-0.05, 0) is 54.6 Å². The van der Waals surface area contributed by atoms with Gasteiger partial charge in [0.2, 0.25) is 0 Å². The summed E-state index contributed by atoms with van der Waals surface area (Å²) in [6.07, 6.45) is 0. The second kappa shape index (κ2) is 9.24. The van der Waals surface area contributed by atoms with Gasteiger partial charge in [-0.25, -0.2) is 4.39 Å². The molecule has 0 aliphatic heterocycles. The molecule has 34 heavy (non-hydrogen) atoms. The highest BCUT2D eigenvalue weighted by Crippen LogP contribution is 2.31. The summed E-state index contributed by atoms with van der Waals surface area (Å²) < 4.78 is 22.1. The van der Waals surface area contributed by atoms with E-state index in [1.807, 2.05) is 24.3 Å². The molecule has 0 spiro atoms. The van der Waals surface area contributed by atoms with Crippen molar-refractivity contribution in [3.63, 3.8) is 0 Å². The van der Waals surface area contributed by atoms with Crippen molar-refractivity contribution in [1.82, 2.24) is 29.8 Å². The van der Waals surface area contributed by atoms with Crippen molar-refractivity contribution in [2.75, 3.05) is 7.11 Å². The molecular formula is C23H16ClFN6O2S. The fourth-order valence-electron chi connectivity index (χ4n) is 3.37. The molecule has 170 valence electrons. The van der Waals surface area contributed by atoms with E-state index in [2.05, 4.69) is 20.5 Å². The largest absolute Gasteiger partial charge is 0.497 e. The van der Waals surface area contributed by atoms with Crippen LogP contribution in [0, 0.1) is 5.82 Å². The standard InChI is InChI=1S/C23H16ClFN6O2S/c1-33-16-9-6-14(7-10-16)21-27-28-23(31(21)15-8-11-19(25)18(24)12-15)34-13-30-22(32)17-4-2-3-5-20(17)26-29-30/h2-12H,13H2,1H3. The first-order valence-electron chi connectivity index (χ1n) is 10.1. The molecule has 0 aliphatic carbocycles. The Bertz CT molecular complexity index is 1550. The van der Waals surface area contributed by atoms with Gasteiger partial charge in [0.1, 0.15) is 17.1 Å². The molecule has 5 rings (SSSR count). The van der Waals surface area contributed by atoms with E-state index in [9.17, 15) is 9.18 Å². The molecular weight excluding hydrogens is 479 g/mol. The number of methoxy groups -OCH3 is 1. The molecule has 11 heteroatoms. The number of thioether (sulfide) groups is 1. The number of fused-ring (bicyclic) bond motifs is 1. The SMILES string of the molecule is COc1ccc(-c2nnc(SCn3nnc4ccccc4c3=O)n2-c2ccc(F)c(Cl)c2)cc1. The highest BCUT2D eigenvalue weighted by atomic mass is 35.5. The van der Waals surface area contributed by atoms with Gasteiger partial charge in [-0.3, -0.25) is 9.36 Å². The lowest BCUT2D eigenvalue weighted by atomic mass is 10.2. The third-order valence-corrected chi connectivity index (χ3v) is 6.27. The lowest BCUT2D eigenvalue weighted by Crippen LogP contribution is -2.23. The summed E-state index contributed by atoms with van der Waals surface area (Å²) in [6, 6.07) is 18.7. The van der Waals surface area contributed by atoms with E-state index in [1.165, 1.54) is 28.6 Å². The minimum absolute atomic E-state index is 0.0283. The van der Waals surface area contributed by atoms with Crippen molar-refractivity contribution < 1.29 is 9.13 Å². The average molecular weight is 495 g/mol. The van der Waals surface area contributed by atoms with Crippen LogP contribution >= 0.6 is 23.4 Å². The summed E-state index contributed by atoms with van der Waals surface area (Å²) in [4.78, 5) is 12.8. The van der Waals surface area contributed by atoms with E-state index in [-0.39, 0.29) is 16.5 Å². The number of hydrogen-bond donors (Lipinski definition) is 0. The van der Waals surface area contributed by atoms with E-state index < -0.39 is 5.82 Å². The lowest BCUT2D eigenvalue weighted by Gasteiger charge is -2.12. The first kappa shape index (κ1) is 22.1. The van der Waals surface area contributed by atoms with Crippen molar-refractivity contribution in [2.24, 2.45) is 0 Å². The second-order valence-electron chi connectivity index (χ2n) is 7.15. The Balaban J connectivity index is 1.55. The predicted molar refractivity (Wildman–Crippen MR) is 128 cm³/mol. The zero-order valence-corrected chi connectivity index (χ0v) is 19.3. The fraction of sp³-hybridized carbons (Fsp3) is 0.0870. The van der Waals surface area contributed by atoms with E-state index in [0.717, 1.165) is 5.56 Å². The first-order chi connectivity index (χ1) is 16.5. The third-order valence-electron chi connectivity index (χ3n) is 5.09. The van der Waals surface area contributed by atoms with Crippen LogP contribution in [0.25, 0.3) is 28.0 Å². The van der Waals surface area contributed by atoms with Crippen molar-refractivity contribution in [3.05, 3.63) is 87.9 Å². The van der Waals surface area contributed by atoms with E-state index in [1.54, 1.807) is 42.0 Å². The zero-order chi connectivity index (χ0) is 23.7. The second-order valence-corrected chi connectivity index (χ2v) is 8.47. The minimum atomic E-state index is -0.531. The number of rotatable bonds is 6. The van der Waals surface area contributed by atoms with Crippen molar-refractivity contribution in [3.8, 4) is 22.8 Å². The van der Waals surface area contributed by atoms with Gasteiger partial charge >= 0.3 is 0 Å². The molecule has 0 unspecified atom stereocenters. The maximum Gasteiger partial charge on any atom is 0.278 e. The molecule has 0 saturated carbocycles. The van der Waals surface area contributed by atoms with Gasteiger partial charge in [-0.15, -0.1) is 15.3 Å². The van der Waals surface area contributed by atoms with Crippen LogP contribution < -0.4 is 10.3 Å². The van der Waals surface area contributed by atoms with Crippen molar-refractivity contribution >= 4 is 34.3 Å². The molecule has 2 aromatic heterocycles. The number of halogens is 2. The predicted octanol–water partition coefficient (Wildman–Crippen LogP) is 4.59. The summed E-state index contributed by atoms with van der Waals surface area (Å²) in [6.45, 7) is 0. The Kier molecular flexibility index (Phi) is 5.99. The summed E-state index contributed by atoms with van der Waals surface area (Å²) in [5, 5.41) is 17.7. The van der Waals surface area contributed by atoms with Crippen LogP contribution in [0.5, 0.6) is 5.75 Å². The summed E-state index contributed by atoms with van der Waals surface area (Å²) in [5.41, 5.74) is 1.61.